The molecule has 3 heterocycles. The topological polar surface area (TPSA) is 112 Å². The fraction of sp³-hybridized carbons (Fsp3) is 0.333. The molecule has 1 aliphatic heterocycles. The zero-order valence-corrected chi connectivity index (χ0v) is 15.9. The summed E-state index contributed by atoms with van der Waals surface area (Å²) >= 11 is 0. The highest BCUT2D eigenvalue weighted by Crippen LogP contribution is 2.40. The van der Waals surface area contributed by atoms with E-state index in [0.29, 0.717) is 0 Å². The first-order valence-electron chi connectivity index (χ1n) is 8.74. The summed E-state index contributed by atoms with van der Waals surface area (Å²) in [5.74, 6) is -1.77. The summed E-state index contributed by atoms with van der Waals surface area (Å²) in [7, 11) is 0. The third kappa shape index (κ3) is 4.98. The molecule has 0 aromatic carbocycles. The first kappa shape index (κ1) is 22.2. The lowest BCUT2D eigenvalue weighted by Gasteiger charge is -2.36. The normalized spacial score (nSPS) is 21.1. The Morgan fingerprint density at radius 2 is 2.10 bits per heavy atom. The minimum absolute atomic E-state index is 0.0903. The van der Waals surface area contributed by atoms with Gasteiger partial charge in [-0.3, -0.25) is 4.79 Å². The maximum atomic E-state index is 14.5. The number of ether oxygens (including phenoxy) is 2. The maximum Gasteiger partial charge on any atom is 0.411 e. The molecule has 2 aromatic rings. The SMILES string of the molecule is C[C@@]1(c2nc(NC(=O)c3ccc(OCF)cn3)ccc2F)C[C@@H](C(F)(F)F)N=C(N)O1. The van der Waals surface area contributed by atoms with Crippen LogP contribution in [0.15, 0.2) is 35.5 Å². The van der Waals surface area contributed by atoms with Crippen molar-refractivity contribution in [3.05, 3.63) is 47.7 Å². The lowest BCUT2D eigenvalue weighted by atomic mass is 9.91. The average molecular weight is 445 g/mol. The number of amidine groups is 1. The number of alkyl halides is 4. The van der Waals surface area contributed by atoms with Gasteiger partial charge in [0.1, 0.15) is 28.8 Å². The quantitative estimate of drug-likeness (QED) is 0.685. The smallest absolute Gasteiger partial charge is 0.411 e. The zero-order chi connectivity index (χ0) is 22.8. The van der Waals surface area contributed by atoms with Crippen LogP contribution in [0.4, 0.5) is 27.8 Å². The number of aromatic nitrogens is 2. The molecule has 0 saturated heterocycles. The van der Waals surface area contributed by atoms with Crippen LogP contribution in [-0.4, -0.2) is 41.0 Å². The summed E-state index contributed by atoms with van der Waals surface area (Å²) in [6, 6.07) is 1.62. The summed E-state index contributed by atoms with van der Waals surface area (Å²) in [6.07, 6.45) is -4.37. The number of aliphatic imine (C=N–C) groups is 1. The van der Waals surface area contributed by atoms with Crippen molar-refractivity contribution < 1.29 is 36.2 Å². The van der Waals surface area contributed by atoms with Gasteiger partial charge in [0, 0.05) is 6.42 Å². The summed E-state index contributed by atoms with van der Waals surface area (Å²) in [6.45, 7) is 0.121. The predicted octanol–water partition coefficient (Wildman–Crippen LogP) is 3.05. The van der Waals surface area contributed by atoms with Crippen molar-refractivity contribution in [1.82, 2.24) is 9.97 Å². The van der Waals surface area contributed by atoms with Crippen LogP contribution < -0.4 is 15.8 Å². The molecule has 1 aliphatic rings. The van der Waals surface area contributed by atoms with Crippen LogP contribution in [0.5, 0.6) is 5.75 Å². The zero-order valence-electron chi connectivity index (χ0n) is 15.9. The molecule has 166 valence electrons. The molecular weight excluding hydrogens is 429 g/mol. The second-order valence-corrected chi connectivity index (χ2v) is 6.68. The van der Waals surface area contributed by atoms with E-state index in [1.54, 1.807) is 0 Å². The number of nitrogens with two attached hydrogens (primary N) is 1. The van der Waals surface area contributed by atoms with E-state index >= 15 is 0 Å². The van der Waals surface area contributed by atoms with Crippen molar-refractivity contribution in [2.24, 2.45) is 10.7 Å². The Labute approximate surface area is 172 Å². The van der Waals surface area contributed by atoms with Crippen LogP contribution in [-0.2, 0) is 10.3 Å². The van der Waals surface area contributed by atoms with E-state index in [9.17, 15) is 26.7 Å². The van der Waals surface area contributed by atoms with Crippen LogP contribution in [0.1, 0.15) is 29.5 Å². The van der Waals surface area contributed by atoms with Gasteiger partial charge in [0.15, 0.2) is 11.6 Å². The molecule has 3 rings (SSSR count). The molecule has 0 fully saturated rings. The third-order valence-corrected chi connectivity index (χ3v) is 4.35. The van der Waals surface area contributed by atoms with Gasteiger partial charge in [-0.05, 0) is 31.2 Å². The van der Waals surface area contributed by atoms with Gasteiger partial charge in [0.2, 0.25) is 6.86 Å². The standard InChI is InChI=1S/C18H16F5N5O3/c1-17(6-12(18(21,22)23)26-16(24)31-17)14-10(20)3-5-13(27-14)28-15(29)11-4-2-9(7-25-11)30-8-19/h2-5,7,12H,6,8H2,1H3,(H2,24,26)(H,27,28,29)/t12-,17-/m0/s1. The Hall–Kier alpha value is -3.51. The highest BCUT2D eigenvalue weighted by molar-refractivity contribution is 6.02. The summed E-state index contributed by atoms with van der Waals surface area (Å²) in [5.41, 5.74) is 2.91. The third-order valence-electron chi connectivity index (χ3n) is 4.35. The van der Waals surface area contributed by atoms with Crippen LogP contribution in [0.3, 0.4) is 0 Å². The number of carbonyl (C=O) groups excluding carboxylic acids is 1. The summed E-state index contributed by atoms with van der Waals surface area (Å²) in [5, 5.41) is 2.35. The van der Waals surface area contributed by atoms with Crippen LogP contribution >= 0.6 is 0 Å². The summed E-state index contributed by atoms with van der Waals surface area (Å²) < 4.78 is 75.9. The molecule has 2 atom stereocenters. The predicted molar refractivity (Wildman–Crippen MR) is 97.5 cm³/mol. The van der Waals surface area contributed by atoms with Crippen molar-refractivity contribution in [2.45, 2.75) is 31.2 Å². The maximum absolute atomic E-state index is 14.5. The summed E-state index contributed by atoms with van der Waals surface area (Å²) in [4.78, 5) is 23.3. The molecule has 3 N–H and O–H groups in total. The molecule has 0 saturated carbocycles. The van der Waals surface area contributed by atoms with Crippen molar-refractivity contribution in [3.8, 4) is 5.75 Å². The number of anilines is 1. The van der Waals surface area contributed by atoms with Crippen LogP contribution in [0.2, 0.25) is 0 Å². The Balaban J connectivity index is 1.84. The number of nitrogens with zero attached hydrogens (tertiary/aromatic N) is 3. The highest BCUT2D eigenvalue weighted by Gasteiger charge is 2.50. The lowest BCUT2D eigenvalue weighted by molar-refractivity contribution is -0.164. The van der Waals surface area contributed by atoms with Gasteiger partial charge in [0.05, 0.1) is 6.20 Å². The van der Waals surface area contributed by atoms with Gasteiger partial charge < -0.3 is 20.5 Å². The molecule has 0 radical (unpaired) electrons. The number of halogens is 5. The number of carbonyl (C=O) groups is 1. The number of hydrogen-bond donors (Lipinski definition) is 2. The monoisotopic (exact) mass is 445 g/mol. The Morgan fingerprint density at radius 1 is 1.35 bits per heavy atom. The van der Waals surface area contributed by atoms with E-state index in [4.69, 9.17) is 10.5 Å². The van der Waals surface area contributed by atoms with Gasteiger partial charge in [0.25, 0.3) is 11.9 Å². The van der Waals surface area contributed by atoms with Crippen molar-refractivity contribution >= 4 is 17.7 Å². The molecule has 1 amide bonds. The minimum Gasteiger partial charge on any atom is -0.461 e. The van der Waals surface area contributed by atoms with Gasteiger partial charge in [-0.2, -0.15) is 13.2 Å². The van der Waals surface area contributed by atoms with E-state index < -0.39 is 54.5 Å². The van der Waals surface area contributed by atoms with E-state index in [-0.39, 0.29) is 17.3 Å². The molecule has 0 spiro atoms. The molecule has 2 aromatic heterocycles. The molecular formula is C18H16F5N5O3. The van der Waals surface area contributed by atoms with Crippen molar-refractivity contribution in [2.75, 3.05) is 12.2 Å². The second kappa shape index (κ2) is 8.32. The number of nitrogens with one attached hydrogen (secondary N) is 1. The van der Waals surface area contributed by atoms with Crippen molar-refractivity contribution in [3.63, 3.8) is 0 Å². The first-order valence-corrected chi connectivity index (χ1v) is 8.74. The number of rotatable bonds is 5. The Bertz CT molecular complexity index is 999. The molecule has 8 nitrogen and oxygen atoms in total. The van der Waals surface area contributed by atoms with Gasteiger partial charge >= 0.3 is 6.18 Å². The van der Waals surface area contributed by atoms with Gasteiger partial charge in [-0.1, -0.05) is 0 Å². The fourth-order valence-corrected chi connectivity index (χ4v) is 2.93. The van der Waals surface area contributed by atoms with Crippen LogP contribution in [0.25, 0.3) is 0 Å². The molecule has 0 bridgehead atoms. The van der Waals surface area contributed by atoms with E-state index in [1.165, 1.54) is 19.1 Å². The van der Waals surface area contributed by atoms with Crippen LogP contribution in [0, 0.1) is 5.82 Å². The molecule has 31 heavy (non-hydrogen) atoms. The lowest BCUT2D eigenvalue weighted by Crippen LogP contribution is -2.46. The largest absolute Gasteiger partial charge is 0.461 e. The number of pyridine rings is 2. The Morgan fingerprint density at radius 3 is 2.71 bits per heavy atom. The van der Waals surface area contributed by atoms with E-state index in [1.807, 2.05) is 0 Å². The first-order chi connectivity index (χ1) is 14.5. The molecule has 0 aliphatic carbocycles. The fourth-order valence-electron chi connectivity index (χ4n) is 2.93. The van der Waals surface area contributed by atoms with E-state index in [2.05, 4.69) is 25.0 Å². The molecule has 13 heteroatoms. The average Bonchev–Trinajstić information content (AvgIpc) is 2.69. The number of hydrogen-bond acceptors (Lipinski definition) is 7. The van der Waals surface area contributed by atoms with Gasteiger partial charge in [-0.15, -0.1) is 0 Å². The molecule has 0 unspecified atom stereocenters. The second-order valence-electron chi connectivity index (χ2n) is 6.68. The minimum atomic E-state index is -4.72. The van der Waals surface area contributed by atoms with Crippen molar-refractivity contribution in [1.29, 1.82) is 0 Å². The van der Waals surface area contributed by atoms with Gasteiger partial charge in [-0.25, -0.2) is 23.7 Å². The Kier molecular flexibility index (Phi) is 5.95. The van der Waals surface area contributed by atoms with E-state index in [0.717, 1.165) is 18.3 Å². The highest BCUT2D eigenvalue weighted by atomic mass is 19.4. The number of amides is 1.